The maximum Gasteiger partial charge on any atom is 0.254 e. The Morgan fingerprint density at radius 3 is 2.38 bits per heavy atom. The van der Waals surface area contributed by atoms with Gasteiger partial charge in [-0.25, -0.2) is 4.98 Å². The molecule has 0 aliphatic rings. The van der Waals surface area contributed by atoms with Gasteiger partial charge in [-0.05, 0) is 56.9 Å². The van der Waals surface area contributed by atoms with Crippen molar-refractivity contribution >= 4 is 28.8 Å². The number of aromatic nitrogens is 4. The molecule has 1 unspecified atom stereocenters. The Morgan fingerprint density at radius 2 is 1.74 bits per heavy atom. The highest BCUT2D eigenvalue weighted by atomic mass is 16.3. The van der Waals surface area contributed by atoms with Gasteiger partial charge in [0.25, 0.3) is 5.91 Å². The topological polar surface area (TPSA) is 108 Å². The summed E-state index contributed by atoms with van der Waals surface area (Å²) in [7, 11) is 0. The summed E-state index contributed by atoms with van der Waals surface area (Å²) in [5.41, 5.74) is 5.14. The number of hydrogen-bond acceptors (Lipinski definition) is 7. The Labute approximate surface area is 230 Å². The number of hydrogen-bond donors (Lipinski definition) is 3. The summed E-state index contributed by atoms with van der Waals surface area (Å²) in [4.78, 5) is 28.9. The summed E-state index contributed by atoms with van der Waals surface area (Å²) in [5.74, 6) is 1.14. The van der Waals surface area contributed by atoms with Gasteiger partial charge < -0.3 is 25.2 Å². The third-order valence-corrected chi connectivity index (χ3v) is 6.96. The molecule has 4 aromatic rings. The monoisotopic (exact) mass is 529 g/mol. The third kappa shape index (κ3) is 6.20. The molecule has 2 aromatic carbocycles. The van der Waals surface area contributed by atoms with E-state index in [1.807, 2.05) is 54.5 Å². The van der Waals surface area contributed by atoms with Gasteiger partial charge in [-0.1, -0.05) is 49.4 Å². The first-order valence-electron chi connectivity index (χ1n) is 13.7. The molecule has 9 heteroatoms. The number of amides is 1. The Hall–Kier alpha value is -3.98. The molecule has 39 heavy (non-hydrogen) atoms. The molecule has 3 N–H and O–H groups in total. The maximum absolute atomic E-state index is 13.1. The Balaban J connectivity index is 1.58. The molecule has 9 nitrogen and oxygen atoms in total. The van der Waals surface area contributed by atoms with Crippen molar-refractivity contribution in [3.63, 3.8) is 0 Å². The molecule has 0 saturated carbocycles. The minimum atomic E-state index is -0.130. The first-order valence-corrected chi connectivity index (χ1v) is 13.7. The largest absolute Gasteiger partial charge is 0.394 e. The number of carbonyl (C=O) groups is 1. The van der Waals surface area contributed by atoms with Crippen LogP contribution in [-0.4, -0.2) is 61.2 Å². The van der Waals surface area contributed by atoms with E-state index in [0.29, 0.717) is 42.5 Å². The minimum absolute atomic E-state index is 0.0000952. The van der Waals surface area contributed by atoms with Crippen molar-refractivity contribution in [1.82, 2.24) is 24.4 Å². The molecule has 0 spiro atoms. The van der Waals surface area contributed by atoms with E-state index in [2.05, 4.69) is 53.7 Å². The minimum Gasteiger partial charge on any atom is -0.394 e. The molecule has 2 heterocycles. The Kier molecular flexibility index (Phi) is 9.14. The zero-order chi connectivity index (χ0) is 27.9. The van der Waals surface area contributed by atoms with Gasteiger partial charge in [0.05, 0.1) is 19.0 Å². The Morgan fingerprint density at radius 1 is 1.03 bits per heavy atom. The smallest absolute Gasteiger partial charge is 0.254 e. The van der Waals surface area contributed by atoms with Crippen LogP contribution in [0.5, 0.6) is 0 Å². The number of fused-ring (bicyclic) bond motifs is 1. The van der Waals surface area contributed by atoms with Gasteiger partial charge in [0.1, 0.15) is 0 Å². The van der Waals surface area contributed by atoms with Gasteiger partial charge in [0, 0.05) is 31.2 Å². The summed E-state index contributed by atoms with van der Waals surface area (Å²) in [5, 5.41) is 16.3. The number of benzene rings is 2. The van der Waals surface area contributed by atoms with Crippen molar-refractivity contribution in [1.29, 1.82) is 0 Å². The fraction of sp³-hybridized carbons (Fsp3) is 0.400. The molecule has 0 fully saturated rings. The quantitative estimate of drug-likeness (QED) is 0.227. The summed E-state index contributed by atoms with van der Waals surface area (Å²) >= 11 is 0. The highest BCUT2D eigenvalue weighted by Crippen LogP contribution is 2.27. The molecular formula is C30H39N7O2. The normalized spacial score (nSPS) is 12.1. The van der Waals surface area contributed by atoms with Crippen LogP contribution in [0.3, 0.4) is 0 Å². The molecule has 1 amide bonds. The predicted molar refractivity (Wildman–Crippen MR) is 157 cm³/mol. The first-order chi connectivity index (χ1) is 18.9. The lowest BCUT2D eigenvalue weighted by Gasteiger charge is -2.20. The number of nitrogens with zero attached hydrogens (tertiary/aromatic N) is 5. The van der Waals surface area contributed by atoms with E-state index in [1.165, 1.54) is 0 Å². The summed E-state index contributed by atoms with van der Waals surface area (Å²) in [6.45, 7) is 12.1. The third-order valence-electron chi connectivity index (χ3n) is 6.96. The average Bonchev–Trinajstić information content (AvgIpc) is 3.40. The summed E-state index contributed by atoms with van der Waals surface area (Å²) in [6.07, 6.45) is 2.54. The van der Waals surface area contributed by atoms with E-state index in [4.69, 9.17) is 9.97 Å². The van der Waals surface area contributed by atoms with Crippen molar-refractivity contribution in [2.45, 2.75) is 59.7 Å². The lowest BCUT2D eigenvalue weighted by molar-refractivity contribution is 0.0773. The molecule has 0 bridgehead atoms. The van der Waals surface area contributed by atoms with E-state index in [1.54, 1.807) is 6.33 Å². The van der Waals surface area contributed by atoms with Crippen molar-refractivity contribution in [2.75, 3.05) is 30.3 Å². The highest BCUT2D eigenvalue weighted by Gasteiger charge is 2.18. The number of aliphatic hydroxyl groups is 1. The fourth-order valence-electron chi connectivity index (χ4n) is 4.53. The van der Waals surface area contributed by atoms with Crippen LogP contribution in [0, 0.1) is 0 Å². The fourth-order valence-corrected chi connectivity index (χ4v) is 4.53. The van der Waals surface area contributed by atoms with Crippen molar-refractivity contribution in [3.8, 4) is 11.1 Å². The Bertz CT molecular complexity index is 1390. The van der Waals surface area contributed by atoms with Gasteiger partial charge in [-0.15, -0.1) is 0 Å². The van der Waals surface area contributed by atoms with E-state index >= 15 is 0 Å². The summed E-state index contributed by atoms with van der Waals surface area (Å²) in [6, 6.07) is 16.0. The van der Waals surface area contributed by atoms with Crippen molar-refractivity contribution < 1.29 is 9.90 Å². The van der Waals surface area contributed by atoms with E-state index in [0.717, 1.165) is 28.8 Å². The molecule has 0 radical (unpaired) electrons. The lowest BCUT2D eigenvalue weighted by Crippen LogP contribution is -2.30. The molecule has 0 saturated heterocycles. The second kappa shape index (κ2) is 12.7. The zero-order valence-corrected chi connectivity index (χ0v) is 23.5. The number of carbonyl (C=O) groups excluding carboxylic acids is 1. The van der Waals surface area contributed by atoms with Crippen LogP contribution < -0.4 is 10.6 Å². The maximum atomic E-state index is 13.1. The van der Waals surface area contributed by atoms with Gasteiger partial charge in [0.2, 0.25) is 5.95 Å². The number of rotatable bonds is 12. The van der Waals surface area contributed by atoms with Crippen molar-refractivity contribution in [3.05, 3.63) is 66.0 Å². The van der Waals surface area contributed by atoms with Gasteiger partial charge >= 0.3 is 0 Å². The SMILES string of the molecule is CCC(CO)Nc1nc(NCc2ccc(-c3ccccc3C(=O)N(CC)CC)cc2)c2ncn(C(C)C)c2n1. The van der Waals surface area contributed by atoms with Crippen molar-refractivity contribution in [2.24, 2.45) is 0 Å². The van der Waals surface area contributed by atoms with Gasteiger partial charge in [0.15, 0.2) is 17.0 Å². The number of nitrogens with one attached hydrogen (secondary N) is 2. The zero-order valence-electron chi connectivity index (χ0n) is 23.5. The molecule has 0 aliphatic carbocycles. The molecule has 4 rings (SSSR count). The molecular weight excluding hydrogens is 490 g/mol. The van der Waals surface area contributed by atoms with E-state index in [-0.39, 0.29) is 24.6 Å². The lowest BCUT2D eigenvalue weighted by atomic mass is 9.98. The molecule has 1 atom stereocenters. The predicted octanol–water partition coefficient (Wildman–Crippen LogP) is 5.35. The van der Waals surface area contributed by atoms with Crippen LogP contribution in [0.25, 0.3) is 22.3 Å². The standard InChI is InChI=1S/C30H39N7O2/c1-6-23(18-38)33-30-34-27(26-28(35-30)37(19-32-26)20(4)5)31-17-21-13-15-22(16-14-21)24-11-9-10-12-25(24)29(39)36(7-2)8-3/h9-16,19-20,23,38H,6-8,17-18H2,1-5H3,(H2,31,33,34,35). The van der Waals surface area contributed by atoms with E-state index in [9.17, 15) is 9.90 Å². The number of anilines is 2. The van der Waals surface area contributed by atoms with Crippen LogP contribution in [-0.2, 0) is 6.54 Å². The molecule has 206 valence electrons. The molecule has 2 aromatic heterocycles. The van der Waals surface area contributed by atoms with Crippen LogP contribution in [0.2, 0.25) is 0 Å². The van der Waals surface area contributed by atoms with Gasteiger partial charge in [-0.3, -0.25) is 4.79 Å². The summed E-state index contributed by atoms with van der Waals surface area (Å²) < 4.78 is 2.01. The molecule has 0 aliphatic heterocycles. The van der Waals surface area contributed by atoms with Crippen LogP contribution in [0.4, 0.5) is 11.8 Å². The van der Waals surface area contributed by atoms with E-state index < -0.39 is 0 Å². The first kappa shape index (κ1) is 28.0. The van der Waals surface area contributed by atoms with Crippen LogP contribution in [0.15, 0.2) is 54.9 Å². The van der Waals surface area contributed by atoms with Crippen LogP contribution in [0.1, 0.15) is 63.0 Å². The highest BCUT2D eigenvalue weighted by molar-refractivity contribution is 6.00. The number of aliphatic hydroxyl groups excluding tert-OH is 1. The van der Waals surface area contributed by atoms with Crippen LogP contribution >= 0.6 is 0 Å². The average molecular weight is 530 g/mol. The second-order valence-electron chi connectivity index (χ2n) is 9.82. The second-order valence-corrected chi connectivity index (χ2v) is 9.82. The van der Waals surface area contributed by atoms with Gasteiger partial charge in [-0.2, -0.15) is 9.97 Å². The number of imidazole rings is 1.